The first-order valence-corrected chi connectivity index (χ1v) is 12.4. The van der Waals surface area contributed by atoms with Crippen LogP contribution in [0, 0.1) is 0 Å². The van der Waals surface area contributed by atoms with Crippen LogP contribution in [0.1, 0.15) is 25.0 Å². The van der Waals surface area contributed by atoms with Crippen molar-refractivity contribution in [2.45, 2.75) is 25.4 Å². The number of hydrogen-bond acceptors (Lipinski definition) is 6. The lowest BCUT2D eigenvalue weighted by Gasteiger charge is -2.34. The fourth-order valence-electron chi connectivity index (χ4n) is 4.66. The molecule has 37 heavy (non-hydrogen) atoms. The Kier molecular flexibility index (Phi) is 8.16. The van der Waals surface area contributed by atoms with Crippen LogP contribution in [-0.2, 0) is 14.9 Å². The molecule has 0 unspecified atom stereocenters. The molecule has 3 N–H and O–H groups in total. The summed E-state index contributed by atoms with van der Waals surface area (Å²) in [5.41, 5.74) is 5.38. The summed E-state index contributed by atoms with van der Waals surface area (Å²) in [4.78, 5) is 14.0. The van der Waals surface area contributed by atoms with E-state index >= 15 is 0 Å². The second-order valence-electron chi connectivity index (χ2n) is 9.58. The highest BCUT2D eigenvalue weighted by Gasteiger charge is 2.27. The fourth-order valence-corrected chi connectivity index (χ4v) is 4.66. The molecular formula is C30H35N3O4. The van der Waals surface area contributed by atoms with Crippen molar-refractivity contribution < 1.29 is 19.4 Å². The first-order chi connectivity index (χ1) is 17.8. The van der Waals surface area contributed by atoms with Crippen LogP contribution >= 0.6 is 0 Å². The molecule has 0 spiro atoms. The van der Waals surface area contributed by atoms with Crippen LogP contribution in [0.15, 0.2) is 79.4 Å². The van der Waals surface area contributed by atoms with Crippen molar-refractivity contribution in [3.63, 3.8) is 0 Å². The topological polar surface area (TPSA) is 83.1 Å². The van der Waals surface area contributed by atoms with E-state index in [0.717, 1.165) is 46.2 Å². The van der Waals surface area contributed by atoms with E-state index in [4.69, 9.17) is 9.47 Å². The Bertz CT molecular complexity index is 1260. The number of aliphatic hydroxyl groups is 1. The van der Waals surface area contributed by atoms with Crippen molar-refractivity contribution in [1.82, 2.24) is 0 Å². The average molecular weight is 502 g/mol. The van der Waals surface area contributed by atoms with Gasteiger partial charge in [-0.25, -0.2) is 0 Å². The minimum absolute atomic E-state index is 0.00335. The van der Waals surface area contributed by atoms with Crippen molar-refractivity contribution in [2.75, 3.05) is 48.9 Å². The Morgan fingerprint density at radius 2 is 1.97 bits per heavy atom. The predicted molar refractivity (Wildman–Crippen MR) is 149 cm³/mol. The second-order valence-corrected chi connectivity index (χ2v) is 9.58. The average Bonchev–Trinajstić information content (AvgIpc) is 2.93. The molecule has 1 heterocycles. The molecule has 1 aliphatic rings. The molecule has 0 bridgehead atoms. The molecule has 1 atom stereocenters. The van der Waals surface area contributed by atoms with E-state index in [1.54, 1.807) is 7.11 Å². The van der Waals surface area contributed by atoms with Crippen LogP contribution in [0.25, 0.3) is 0 Å². The minimum Gasteiger partial charge on any atom is -0.494 e. The van der Waals surface area contributed by atoms with Gasteiger partial charge in [0.15, 0.2) is 0 Å². The fraction of sp³-hybridized carbons (Fsp3) is 0.300. The Hall–Kier alpha value is -3.81. The number of para-hydroxylation sites is 1. The number of nitrogens with one attached hydrogen (secondary N) is 2. The predicted octanol–water partition coefficient (Wildman–Crippen LogP) is 5.09. The van der Waals surface area contributed by atoms with Gasteiger partial charge in [-0.2, -0.15) is 0 Å². The van der Waals surface area contributed by atoms with Crippen molar-refractivity contribution in [2.24, 2.45) is 0 Å². The molecule has 3 aromatic rings. The number of morpholine rings is 1. The molecule has 1 fully saturated rings. The zero-order chi connectivity index (χ0) is 26.4. The molecule has 0 aromatic heterocycles. The molecule has 3 aromatic carbocycles. The number of ether oxygens (including phenoxy) is 2. The summed E-state index contributed by atoms with van der Waals surface area (Å²) in [6.45, 7) is 9.84. The Labute approximate surface area is 218 Å². The van der Waals surface area contributed by atoms with E-state index in [0.29, 0.717) is 13.2 Å². The number of rotatable bonds is 9. The maximum Gasteiger partial charge on any atom is 0.247 e. The van der Waals surface area contributed by atoms with Crippen molar-refractivity contribution in [3.8, 4) is 5.75 Å². The monoisotopic (exact) mass is 501 g/mol. The van der Waals surface area contributed by atoms with E-state index < -0.39 is 0 Å². The molecule has 1 amide bonds. The van der Waals surface area contributed by atoms with Crippen molar-refractivity contribution >= 4 is 28.7 Å². The minimum atomic E-state index is -0.362. The van der Waals surface area contributed by atoms with Gasteiger partial charge in [0, 0.05) is 41.6 Å². The number of benzene rings is 3. The number of anilines is 4. The van der Waals surface area contributed by atoms with Gasteiger partial charge in [0.25, 0.3) is 0 Å². The normalized spacial score (nSPS) is 15.7. The van der Waals surface area contributed by atoms with Crippen LogP contribution in [0.2, 0.25) is 0 Å². The van der Waals surface area contributed by atoms with Crippen LogP contribution in [0.5, 0.6) is 5.75 Å². The number of hydrogen-bond donors (Lipinski definition) is 3. The van der Waals surface area contributed by atoms with E-state index in [1.807, 2.05) is 42.5 Å². The SMILES string of the molecule is C=CC(=O)Nc1cccc(C(C)(C)c2ccccc2Nc2ccc(N3CCO[C@H](CO)C3)cc2OC)c1. The third-order valence-electron chi connectivity index (χ3n) is 6.80. The van der Waals surface area contributed by atoms with Gasteiger partial charge < -0.3 is 30.1 Å². The zero-order valence-electron chi connectivity index (χ0n) is 21.7. The number of carbonyl (C=O) groups excluding carboxylic acids is 1. The van der Waals surface area contributed by atoms with Crippen molar-refractivity contribution in [3.05, 3.63) is 90.5 Å². The van der Waals surface area contributed by atoms with Gasteiger partial charge >= 0.3 is 0 Å². The van der Waals surface area contributed by atoms with Gasteiger partial charge in [0.1, 0.15) is 5.75 Å². The molecule has 4 rings (SSSR count). The largest absolute Gasteiger partial charge is 0.494 e. The molecule has 7 nitrogen and oxygen atoms in total. The summed E-state index contributed by atoms with van der Waals surface area (Å²) in [6.07, 6.45) is 1.08. The molecule has 1 saturated heterocycles. The summed E-state index contributed by atoms with van der Waals surface area (Å²) in [7, 11) is 1.67. The van der Waals surface area contributed by atoms with E-state index in [2.05, 4.69) is 60.2 Å². The maximum atomic E-state index is 11.8. The van der Waals surface area contributed by atoms with Gasteiger partial charge in [-0.1, -0.05) is 50.8 Å². The number of carbonyl (C=O) groups is 1. The standard InChI is InChI=1S/C30H35N3O4/c1-5-29(35)31-22-10-8-9-21(17-22)30(2,3)25-11-6-7-12-26(25)32-27-14-13-23(18-28(27)36-4)33-15-16-37-24(19-33)20-34/h5-14,17-18,24,32,34H,1,15-16,19-20H2,2-4H3,(H,31,35)/t24-/m0/s1. The maximum absolute atomic E-state index is 11.8. The second kappa shape index (κ2) is 11.5. The van der Waals surface area contributed by atoms with E-state index in [-0.39, 0.29) is 24.0 Å². The lowest BCUT2D eigenvalue weighted by atomic mass is 9.77. The highest BCUT2D eigenvalue weighted by molar-refractivity contribution is 5.98. The first-order valence-electron chi connectivity index (χ1n) is 12.4. The molecule has 0 aliphatic carbocycles. The van der Waals surface area contributed by atoms with E-state index in [1.165, 1.54) is 6.08 Å². The highest BCUT2D eigenvalue weighted by Crippen LogP contribution is 2.40. The number of methoxy groups -OCH3 is 1. The van der Waals surface area contributed by atoms with Crippen LogP contribution in [0.3, 0.4) is 0 Å². The first kappa shape index (κ1) is 26.3. The molecule has 194 valence electrons. The highest BCUT2D eigenvalue weighted by atomic mass is 16.5. The molecule has 0 radical (unpaired) electrons. The van der Waals surface area contributed by atoms with Gasteiger partial charge in [-0.3, -0.25) is 4.79 Å². The van der Waals surface area contributed by atoms with Gasteiger partial charge in [0.05, 0.1) is 32.1 Å². The summed E-state index contributed by atoms with van der Waals surface area (Å²) < 4.78 is 11.3. The Morgan fingerprint density at radius 1 is 1.16 bits per heavy atom. The van der Waals surface area contributed by atoms with Crippen molar-refractivity contribution in [1.29, 1.82) is 0 Å². The quantitative estimate of drug-likeness (QED) is 0.355. The van der Waals surface area contributed by atoms with Crippen LogP contribution < -0.4 is 20.3 Å². The van der Waals surface area contributed by atoms with E-state index in [9.17, 15) is 9.90 Å². The number of amides is 1. The summed E-state index contributed by atoms with van der Waals surface area (Å²) >= 11 is 0. The molecular weight excluding hydrogens is 466 g/mol. The number of nitrogens with zero attached hydrogens (tertiary/aromatic N) is 1. The summed E-state index contributed by atoms with van der Waals surface area (Å²) in [6, 6.07) is 22.2. The number of aliphatic hydroxyl groups excluding tert-OH is 1. The Morgan fingerprint density at radius 3 is 2.73 bits per heavy atom. The van der Waals surface area contributed by atoms with Gasteiger partial charge in [-0.05, 0) is 47.5 Å². The lowest BCUT2D eigenvalue weighted by molar-refractivity contribution is -0.111. The third-order valence-corrected chi connectivity index (χ3v) is 6.80. The Balaban J connectivity index is 1.62. The molecule has 7 heteroatoms. The van der Waals surface area contributed by atoms with Gasteiger partial charge in [0.2, 0.25) is 5.91 Å². The van der Waals surface area contributed by atoms with Crippen LogP contribution in [0.4, 0.5) is 22.7 Å². The van der Waals surface area contributed by atoms with Gasteiger partial charge in [-0.15, -0.1) is 0 Å². The molecule has 0 saturated carbocycles. The smallest absolute Gasteiger partial charge is 0.247 e. The third kappa shape index (κ3) is 5.96. The van der Waals surface area contributed by atoms with Crippen LogP contribution in [-0.4, -0.2) is 50.5 Å². The summed E-state index contributed by atoms with van der Waals surface area (Å²) in [5.74, 6) is 0.489. The molecule has 1 aliphatic heterocycles. The lowest BCUT2D eigenvalue weighted by Crippen LogP contribution is -2.44. The zero-order valence-corrected chi connectivity index (χ0v) is 21.7. The summed E-state index contributed by atoms with van der Waals surface area (Å²) in [5, 5.41) is 15.9.